The number of nitrogens with zero attached hydrogens (tertiary/aromatic N) is 1. The number of hydrazone groups is 1. The van der Waals surface area contributed by atoms with Crippen LogP contribution in [0, 0.1) is 13.8 Å². The predicted octanol–water partition coefficient (Wildman–Crippen LogP) is 2.72. The Bertz CT molecular complexity index is 1080. The third-order valence-corrected chi connectivity index (χ3v) is 5.37. The van der Waals surface area contributed by atoms with Crippen LogP contribution in [0.25, 0.3) is 0 Å². The highest BCUT2D eigenvalue weighted by atomic mass is 35.5. The van der Waals surface area contributed by atoms with Crippen molar-refractivity contribution in [3.05, 3.63) is 58.1 Å². The van der Waals surface area contributed by atoms with Crippen molar-refractivity contribution in [2.75, 3.05) is 25.1 Å². The van der Waals surface area contributed by atoms with Crippen molar-refractivity contribution >= 4 is 41.2 Å². The minimum Gasteiger partial charge on any atom is -0.482 e. The van der Waals surface area contributed by atoms with Crippen LogP contribution >= 0.6 is 11.6 Å². The summed E-state index contributed by atoms with van der Waals surface area (Å²) >= 11 is 6.23. The van der Waals surface area contributed by atoms with Crippen LogP contribution in [-0.2, 0) is 19.1 Å². The Balaban J connectivity index is 1.44. The van der Waals surface area contributed by atoms with Crippen molar-refractivity contribution in [3.8, 4) is 5.75 Å². The van der Waals surface area contributed by atoms with Crippen molar-refractivity contribution in [2.24, 2.45) is 5.10 Å². The van der Waals surface area contributed by atoms with E-state index in [1.54, 1.807) is 18.2 Å². The standard InChI is InChI=1S/C24H27ClN4O5/c1-15-5-7-20(16(2)10-15)28-22(30)14-34-21-8-6-17(11-19(21)25)12-27-29-24(32)23(31)26-13-18-4-3-9-33-18/h5-8,10-12,18H,3-4,9,13-14H2,1-2H3,(H,26,31)(H,28,30)(H,29,32)/b27-12-/t18-/m0/s1. The van der Waals surface area contributed by atoms with Gasteiger partial charge in [0, 0.05) is 18.8 Å². The van der Waals surface area contributed by atoms with Crippen molar-refractivity contribution in [3.63, 3.8) is 0 Å². The van der Waals surface area contributed by atoms with Crippen LogP contribution in [0.3, 0.4) is 0 Å². The molecule has 0 aromatic heterocycles. The first kappa shape index (κ1) is 25.2. The number of amides is 3. The number of hydrogen-bond acceptors (Lipinski definition) is 6. The molecule has 1 aliphatic heterocycles. The van der Waals surface area contributed by atoms with Gasteiger partial charge in [-0.3, -0.25) is 14.4 Å². The molecule has 3 amide bonds. The highest BCUT2D eigenvalue weighted by Gasteiger charge is 2.19. The number of carbonyl (C=O) groups is 3. The highest BCUT2D eigenvalue weighted by molar-refractivity contribution is 6.35. The van der Waals surface area contributed by atoms with Crippen molar-refractivity contribution in [1.29, 1.82) is 0 Å². The van der Waals surface area contributed by atoms with Gasteiger partial charge in [-0.2, -0.15) is 5.10 Å². The summed E-state index contributed by atoms with van der Waals surface area (Å²) in [6.45, 7) is 4.65. The van der Waals surface area contributed by atoms with Gasteiger partial charge in [0.2, 0.25) is 0 Å². The van der Waals surface area contributed by atoms with Crippen molar-refractivity contribution in [2.45, 2.75) is 32.8 Å². The molecular weight excluding hydrogens is 460 g/mol. The molecule has 2 aromatic carbocycles. The molecule has 0 spiro atoms. The summed E-state index contributed by atoms with van der Waals surface area (Å²) in [5, 5.41) is 9.35. The molecule has 1 heterocycles. The lowest BCUT2D eigenvalue weighted by Crippen LogP contribution is -2.41. The number of benzene rings is 2. The van der Waals surface area contributed by atoms with Crippen LogP contribution in [-0.4, -0.2) is 49.8 Å². The zero-order valence-corrected chi connectivity index (χ0v) is 19.8. The normalized spacial score (nSPS) is 15.2. The fourth-order valence-corrected chi connectivity index (χ4v) is 3.55. The minimum absolute atomic E-state index is 0.0547. The van der Waals surface area contributed by atoms with Crippen LogP contribution in [0.1, 0.15) is 29.5 Å². The van der Waals surface area contributed by atoms with Gasteiger partial charge in [0.1, 0.15) is 5.75 Å². The Morgan fingerprint density at radius 3 is 2.71 bits per heavy atom. The van der Waals surface area contributed by atoms with Crippen LogP contribution in [0.4, 0.5) is 5.69 Å². The van der Waals surface area contributed by atoms with Gasteiger partial charge in [0.15, 0.2) is 6.61 Å². The summed E-state index contributed by atoms with van der Waals surface area (Å²) in [5.41, 5.74) is 5.52. The second kappa shape index (κ2) is 12.2. The average molecular weight is 487 g/mol. The van der Waals surface area contributed by atoms with Crippen molar-refractivity contribution < 1.29 is 23.9 Å². The molecule has 9 nitrogen and oxygen atoms in total. The van der Waals surface area contributed by atoms with Gasteiger partial charge < -0.3 is 20.1 Å². The van der Waals surface area contributed by atoms with E-state index < -0.39 is 11.8 Å². The topological polar surface area (TPSA) is 118 Å². The number of hydrogen-bond donors (Lipinski definition) is 3. The van der Waals surface area contributed by atoms with Crippen LogP contribution in [0.15, 0.2) is 41.5 Å². The lowest BCUT2D eigenvalue weighted by atomic mass is 10.1. The predicted molar refractivity (Wildman–Crippen MR) is 129 cm³/mol. The molecule has 3 rings (SSSR count). The Morgan fingerprint density at radius 2 is 2.00 bits per heavy atom. The van der Waals surface area contributed by atoms with E-state index in [0.717, 1.165) is 29.7 Å². The lowest BCUT2D eigenvalue weighted by Gasteiger charge is -2.11. The van der Waals surface area contributed by atoms with E-state index in [0.29, 0.717) is 17.9 Å². The quantitative estimate of drug-likeness (QED) is 0.301. The van der Waals surface area contributed by atoms with E-state index in [4.69, 9.17) is 21.1 Å². The molecule has 3 N–H and O–H groups in total. The number of halogens is 1. The van der Waals surface area contributed by atoms with Gasteiger partial charge in [-0.25, -0.2) is 5.43 Å². The number of nitrogens with one attached hydrogen (secondary N) is 3. The molecule has 1 aliphatic rings. The molecular formula is C24H27ClN4O5. The number of anilines is 1. The van der Waals surface area contributed by atoms with Gasteiger partial charge in [0.05, 0.1) is 17.3 Å². The highest BCUT2D eigenvalue weighted by Crippen LogP contribution is 2.25. The Labute approximate surface area is 202 Å². The number of aryl methyl sites for hydroxylation is 2. The number of rotatable bonds is 8. The summed E-state index contributed by atoms with van der Waals surface area (Å²) in [5.74, 6) is -1.65. The van der Waals surface area contributed by atoms with E-state index in [-0.39, 0.29) is 30.2 Å². The first-order chi connectivity index (χ1) is 16.3. The SMILES string of the molecule is Cc1ccc(NC(=O)COc2ccc(/C=N\NC(=O)C(=O)NC[C@@H]3CCCO3)cc2Cl)c(C)c1. The molecule has 0 saturated carbocycles. The van der Waals surface area contributed by atoms with Crippen LogP contribution in [0.5, 0.6) is 5.75 Å². The maximum absolute atomic E-state index is 12.2. The molecule has 0 aliphatic carbocycles. The fraction of sp³-hybridized carbons (Fsp3) is 0.333. The van der Waals surface area contributed by atoms with Crippen molar-refractivity contribution in [1.82, 2.24) is 10.7 Å². The molecule has 34 heavy (non-hydrogen) atoms. The monoisotopic (exact) mass is 486 g/mol. The molecule has 10 heteroatoms. The minimum atomic E-state index is -0.880. The van der Waals surface area contributed by atoms with Gasteiger partial charge >= 0.3 is 11.8 Å². The third kappa shape index (κ3) is 7.57. The van der Waals surface area contributed by atoms with E-state index in [1.807, 2.05) is 32.0 Å². The van der Waals surface area contributed by atoms with Crippen LogP contribution in [0.2, 0.25) is 5.02 Å². The largest absolute Gasteiger partial charge is 0.482 e. The van der Waals surface area contributed by atoms with E-state index >= 15 is 0 Å². The Morgan fingerprint density at radius 1 is 1.18 bits per heavy atom. The molecule has 2 aromatic rings. The fourth-order valence-electron chi connectivity index (χ4n) is 3.31. The number of ether oxygens (including phenoxy) is 2. The molecule has 1 fully saturated rings. The molecule has 0 radical (unpaired) electrons. The van der Waals surface area contributed by atoms with E-state index in [2.05, 4.69) is 21.2 Å². The van der Waals surface area contributed by atoms with Gasteiger partial charge in [0.25, 0.3) is 5.91 Å². The summed E-state index contributed by atoms with van der Waals surface area (Å²) in [6, 6.07) is 10.5. The summed E-state index contributed by atoms with van der Waals surface area (Å²) in [7, 11) is 0. The molecule has 180 valence electrons. The first-order valence-electron chi connectivity index (χ1n) is 10.8. The summed E-state index contributed by atoms with van der Waals surface area (Å²) < 4.78 is 10.9. The summed E-state index contributed by atoms with van der Waals surface area (Å²) in [4.78, 5) is 35.8. The Kier molecular flexibility index (Phi) is 9.00. The van der Waals surface area contributed by atoms with Gasteiger partial charge in [-0.15, -0.1) is 0 Å². The second-order valence-electron chi connectivity index (χ2n) is 7.89. The maximum Gasteiger partial charge on any atom is 0.329 e. The lowest BCUT2D eigenvalue weighted by molar-refractivity contribution is -0.139. The molecule has 0 unspecified atom stereocenters. The van der Waals surface area contributed by atoms with Gasteiger partial charge in [-0.1, -0.05) is 29.3 Å². The van der Waals surface area contributed by atoms with Crippen LogP contribution < -0.4 is 20.8 Å². The number of carbonyl (C=O) groups excluding carboxylic acids is 3. The molecule has 1 saturated heterocycles. The van der Waals surface area contributed by atoms with Gasteiger partial charge in [-0.05, 0) is 62.1 Å². The van der Waals surface area contributed by atoms with E-state index in [1.165, 1.54) is 6.21 Å². The zero-order chi connectivity index (χ0) is 24.5. The first-order valence-corrected chi connectivity index (χ1v) is 11.2. The van der Waals surface area contributed by atoms with E-state index in [9.17, 15) is 14.4 Å². The maximum atomic E-state index is 12.2. The third-order valence-electron chi connectivity index (χ3n) is 5.07. The Hall–Kier alpha value is -3.43. The average Bonchev–Trinajstić information content (AvgIpc) is 3.32. The second-order valence-corrected chi connectivity index (χ2v) is 8.30. The molecule has 0 bridgehead atoms. The molecule has 1 atom stereocenters. The zero-order valence-electron chi connectivity index (χ0n) is 19.0. The summed E-state index contributed by atoms with van der Waals surface area (Å²) in [6.07, 6.45) is 3.09. The smallest absolute Gasteiger partial charge is 0.329 e.